The molecule has 6 nitrogen and oxygen atoms in total. The molecule has 6 unspecified atom stereocenters. The summed E-state index contributed by atoms with van der Waals surface area (Å²) < 4.78 is 44.2. The second-order valence-corrected chi connectivity index (χ2v) is 11.5. The van der Waals surface area contributed by atoms with Crippen molar-refractivity contribution in [3.05, 3.63) is 29.8 Å². The van der Waals surface area contributed by atoms with Gasteiger partial charge in [-0.25, -0.2) is 0 Å². The number of hydrogen-bond donors (Lipinski definition) is 1. The lowest BCUT2D eigenvalue weighted by atomic mass is 9.76. The highest BCUT2D eigenvalue weighted by Gasteiger charge is 2.77. The summed E-state index contributed by atoms with van der Waals surface area (Å²) >= 11 is 0. The number of hydrogen-bond acceptors (Lipinski definition) is 6. The molecule has 2 aliphatic carbocycles. The molecule has 4 aliphatic rings. The van der Waals surface area contributed by atoms with Gasteiger partial charge in [0.15, 0.2) is 12.1 Å². The quantitative estimate of drug-likeness (QED) is 0.426. The maximum atomic E-state index is 12.9. The average Bonchev–Trinajstić information content (AvgIpc) is 3.41. The molecule has 0 spiro atoms. The van der Waals surface area contributed by atoms with Crippen molar-refractivity contribution in [3.8, 4) is 0 Å². The van der Waals surface area contributed by atoms with E-state index in [4.69, 9.17) is 13.7 Å². The van der Waals surface area contributed by atoms with Crippen molar-refractivity contribution >= 4 is 10.1 Å². The highest BCUT2D eigenvalue weighted by molar-refractivity contribution is 7.86. The summed E-state index contributed by atoms with van der Waals surface area (Å²) in [6, 6.07) is 6.71. The molecule has 5 rings (SSSR count). The third kappa shape index (κ3) is 3.57. The van der Waals surface area contributed by atoms with E-state index in [-0.39, 0.29) is 34.7 Å². The van der Waals surface area contributed by atoms with Crippen molar-refractivity contribution in [1.82, 2.24) is 0 Å². The number of aliphatic hydroxyl groups is 1. The average molecular weight is 451 g/mol. The number of benzene rings is 1. The standard InChI is InChI=1S/C24H34O6S/c1-3-4-5-6-7-8-13-24-20-18-14-17(19(20)23(25)29-24)22(21(18)28-24)30-31(26,27)16-11-9-15(2)10-12-16/h9-12,17-23,25H,3-8,13-14H2,1-2H3/t17?,18?,19?,20?,21?,22-,23+,24?/m0/s1. The maximum Gasteiger partial charge on any atom is 0.297 e. The molecule has 8 atom stereocenters. The Kier molecular flexibility index (Phi) is 5.70. The van der Waals surface area contributed by atoms with E-state index in [1.807, 2.05) is 6.92 Å². The summed E-state index contributed by atoms with van der Waals surface area (Å²) in [5, 5.41) is 10.7. The Labute approximate surface area is 185 Å². The van der Waals surface area contributed by atoms with E-state index in [2.05, 4.69) is 6.92 Å². The topological polar surface area (TPSA) is 82.1 Å². The fraction of sp³-hybridized carbons (Fsp3) is 0.750. The number of unbranched alkanes of at least 4 members (excludes halogenated alkanes) is 5. The normalized spacial score (nSPS) is 40.2. The lowest BCUT2D eigenvalue weighted by Crippen LogP contribution is -2.43. The van der Waals surface area contributed by atoms with Crippen LogP contribution in [0.15, 0.2) is 29.2 Å². The first kappa shape index (κ1) is 21.8. The molecule has 172 valence electrons. The van der Waals surface area contributed by atoms with Crippen LogP contribution in [0.3, 0.4) is 0 Å². The van der Waals surface area contributed by atoms with Crippen molar-refractivity contribution in [3.63, 3.8) is 0 Å². The van der Waals surface area contributed by atoms with Crippen molar-refractivity contribution in [2.24, 2.45) is 23.7 Å². The van der Waals surface area contributed by atoms with E-state index in [9.17, 15) is 13.5 Å². The van der Waals surface area contributed by atoms with Gasteiger partial charge in [-0.05, 0) is 43.7 Å². The third-order valence-corrected chi connectivity index (χ3v) is 9.33. The van der Waals surface area contributed by atoms with Gasteiger partial charge < -0.3 is 14.6 Å². The van der Waals surface area contributed by atoms with Crippen LogP contribution in [0, 0.1) is 30.6 Å². The van der Waals surface area contributed by atoms with Crippen LogP contribution in [-0.2, 0) is 23.8 Å². The van der Waals surface area contributed by atoms with Gasteiger partial charge in [-0.15, -0.1) is 0 Å². The van der Waals surface area contributed by atoms with E-state index in [0.29, 0.717) is 0 Å². The van der Waals surface area contributed by atoms with Crippen LogP contribution in [-0.4, -0.2) is 37.8 Å². The highest BCUT2D eigenvalue weighted by Crippen LogP contribution is 2.69. The zero-order chi connectivity index (χ0) is 21.8. The lowest BCUT2D eigenvalue weighted by molar-refractivity contribution is -0.284. The molecule has 31 heavy (non-hydrogen) atoms. The monoisotopic (exact) mass is 450 g/mol. The largest absolute Gasteiger partial charge is 0.368 e. The number of ether oxygens (including phenoxy) is 2. The number of fused-ring (bicyclic) bond motifs is 2. The van der Waals surface area contributed by atoms with E-state index in [1.165, 1.54) is 25.7 Å². The van der Waals surface area contributed by atoms with Crippen LogP contribution in [0.25, 0.3) is 0 Å². The van der Waals surface area contributed by atoms with E-state index < -0.39 is 28.3 Å². The van der Waals surface area contributed by atoms with Gasteiger partial charge in [-0.3, -0.25) is 4.18 Å². The van der Waals surface area contributed by atoms with Crippen LogP contribution in [0.1, 0.15) is 63.9 Å². The molecule has 1 aromatic rings. The number of aliphatic hydroxyl groups excluding tert-OH is 1. The Morgan fingerprint density at radius 2 is 1.77 bits per heavy atom. The predicted octanol–water partition coefficient (Wildman–Crippen LogP) is 4.15. The molecular formula is C24H34O6S. The number of rotatable bonds is 10. The molecule has 2 saturated carbocycles. The Balaban J connectivity index is 1.30. The zero-order valence-electron chi connectivity index (χ0n) is 18.4. The second kappa shape index (κ2) is 8.10. The molecule has 0 radical (unpaired) electrons. The van der Waals surface area contributed by atoms with Crippen molar-refractivity contribution in [2.45, 2.75) is 94.4 Å². The minimum Gasteiger partial charge on any atom is -0.368 e. The maximum absolute atomic E-state index is 12.9. The molecule has 2 heterocycles. The van der Waals surface area contributed by atoms with Gasteiger partial charge in [0.25, 0.3) is 10.1 Å². The minimum absolute atomic E-state index is 0.0517. The van der Waals surface area contributed by atoms with Gasteiger partial charge in [0, 0.05) is 18.3 Å². The summed E-state index contributed by atoms with van der Waals surface area (Å²) in [6.45, 7) is 4.13. The summed E-state index contributed by atoms with van der Waals surface area (Å²) in [7, 11) is -3.89. The predicted molar refractivity (Wildman–Crippen MR) is 115 cm³/mol. The first-order chi connectivity index (χ1) is 14.9. The van der Waals surface area contributed by atoms with Gasteiger partial charge in [-0.1, -0.05) is 56.7 Å². The molecule has 1 aromatic carbocycles. The van der Waals surface area contributed by atoms with Gasteiger partial charge in [-0.2, -0.15) is 8.42 Å². The molecule has 0 amide bonds. The molecule has 2 aliphatic heterocycles. The zero-order valence-corrected chi connectivity index (χ0v) is 19.2. The SMILES string of the molecule is CCCCCCCCC12OC3C4CC(C(C41)[C@H](O)O2)[C@@H]3OS(=O)(=O)c1ccc(C)cc1. The van der Waals surface area contributed by atoms with Crippen LogP contribution in [0.4, 0.5) is 0 Å². The summed E-state index contributed by atoms with van der Waals surface area (Å²) in [6.07, 6.45) is 6.93. The van der Waals surface area contributed by atoms with E-state index in [0.717, 1.165) is 31.2 Å². The molecule has 0 aromatic heterocycles. The van der Waals surface area contributed by atoms with E-state index >= 15 is 0 Å². The summed E-state index contributed by atoms with van der Waals surface area (Å²) in [5.74, 6) is -0.586. The smallest absolute Gasteiger partial charge is 0.297 e. The second-order valence-electron chi connectivity index (χ2n) is 9.92. The molecule has 2 bridgehead atoms. The first-order valence-corrected chi connectivity index (χ1v) is 13.3. The fourth-order valence-electron chi connectivity index (χ4n) is 6.68. The molecule has 1 N–H and O–H groups in total. The fourth-order valence-corrected chi connectivity index (χ4v) is 7.80. The molecule has 4 fully saturated rings. The Bertz CT molecular complexity index is 899. The Morgan fingerprint density at radius 1 is 1.06 bits per heavy atom. The lowest BCUT2D eigenvalue weighted by Gasteiger charge is -2.33. The molecule has 7 heteroatoms. The first-order valence-electron chi connectivity index (χ1n) is 11.9. The molecular weight excluding hydrogens is 416 g/mol. The van der Waals surface area contributed by atoms with Crippen molar-refractivity contribution < 1.29 is 27.2 Å². The molecule has 2 saturated heterocycles. The van der Waals surface area contributed by atoms with Crippen LogP contribution < -0.4 is 0 Å². The van der Waals surface area contributed by atoms with E-state index in [1.54, 1.807) is 24.3 Å². The van der Waals surface area contributed by atoms with Crippen LogP contribution in [0.2, 0.25) is 0 Å². The third-order valence-electron chi connectivity index (χ3n) is 8.00. The van der Waals surface area contributed by atoms with Crippen molar-refractivity contribution in [2.75, 3.05) is 0 Å². The van der Waals surface area contributed by atoms with Gasteiger partial charge in [0.05, 0.1) is 11.0 Å². The number of aryl methyl sites for hydroxylation is 1. The highest BCUT2D eigenvalue weighted by atomic mass is 32.2. The summed E-state index contributed by atoms with van der Waals surface area (Å²) in [4.78, 5) is 0.166. The van der Waals surface area contributed by atoms with Gasteiger partial charge in [0.2, 0.25) is 0 Å². The Hall–Kier alpha value is -0.990. The minimum atomic E-state index is -3.89. The van der Waals surface area contributed by atoms with Gasteiger partial charge >= 0.3 is 0 Å². The Morgan fingerprint density at radius 3 is 2.52 bits per heavy atom. The van der Waals surface area contributed by atoms with Crippen molar-refractivity contribution in [1.29, 1.82) is 0 Å². The van der Waals surface area contributed by atoms with Crippen LogP contribution >= 0.6 is 0 Å². The summed E-state index contributed by atoms with van der Waals surface area (Å²) in [5.41, 5.74) is 0.995. The van der Waals surface area contributed by atoms with Crippen LogP contribution in [0.5, 0.6) is 0 Å². The van der Waals surface area contributed by atoms with Gasteiger partial charge in [0.1, 0.15) is 6.10 Å².